The van der Waals surface area contributed by atoms with Crippen LogP contribution < -0.4 is 15.4 Å². The van der Waals surface area contributed by atoms with Crippen molar-refractivity contribution in [3.63, 3.8) is 0 Å². The van der Waals surface area contributed by atoms with Gasteiger partial charge in [0.1, 0.15) is 24.5 Å². The summed E-state index contributed by atoms with van der Waals surface area (Å²) >= 11 is 0. The number of aromatic nitrogens is 3. The van der Waals surface area contributed by atoms with Gasteiger partial charge in [0.2, 0.25) is 0 Å². The fourth-order valence-corrected chi connectivity index (χ4v) is 3.12. The lowest BCUT2D eigenvalue weighted by Crippen LogP contribution is -2.22. The van der Waals surface area contributed by atoms with Gasteiger partial charge in [-0.3, -0.25) is 0 Å². The van der Waals surface area contributed by atoms with Crippen molar-refractivity contribution in [2.45, 2.75) is 18.7 Å². The smallest absolute Gasteiger partial charge is 0.418 e. The van der Waals surface area contributed by atoms with Gasteiger partial charge in [-0.1, -0.05) is 12.1 Å². The maximum atomic E-state index is 13.5. The van der Waals surface area contributed by atoms with Gasteiger partial charge in [-0.05, 0) is 30.3 Å². The summed E-state index contributed by atoms with van der Waals surface area (Å²) in [6.07, 6.45) is -1.74. The van der Waals surface area contributed by atoms with Crippen LogP contribution >= 0.6 is 0 Å². The van der Waals surface area contributed by atoms with E-state index >= 15 is 0 Å². The molecule has 0 spiro atoms. The van der Waals surface area contributed by atoms with Crippen molar-refractivity contribution in [3.8, 4) is 11.4 Å². The summed E-state index contributed by atoms with van der Waals surface area (Å²) in [5.41, 5.74) is -0.798. The highest BCUT2D eigenvalue weighted by molar-refractivity contribution is 6.00. The zero-order chi connectivity index (χ0) is 21.8. The van der Waals surface area contributed by atoms with Crippen molar-refractivity contribution in [1.29, 1.82) is 0 Å². The van der Waals surface area contributed by atoms with Gasteiger partial charge in [-0.25, -0.2) is 14.5 Å². The molecule has 1 saturated heterocycles. The number of carbonyl (C=O) groups excluding carboxylic acids is 1. The molecule has 1 aliphatic rings. The number of anilines is 2. The number of halogens is 3. The van der Waals surface area contributed by atoms with Crippen LogP contribution in [0, 0.1) is 0 Å². The molecule has 31 heavy (non-hydrogen) atoms. The van der Waals surface area contributed by atoms with E-state index in [0.717, 1.165) is 29.8 Å². The second-order valence-corrected chi connectivity index (χ2v) is 6.75. The molecule has 0 aliphatic carbocycles. The molecule has 2 amide bonds. The lowest BCUT2D eigenvalue weighted by Gasteiger charge is -2.17. The zero-order valence-corrected chi connectivity index (χ0v) is 16.1. The molecule has 2 aromatic carbocycles. The third-order valence-electron chi connectivity index (χ3n) is 4.54. The van der Waals surface area contributed by atoms with Crippen LogP contribution in [0.1, 0.15) is 12.0 Å². The monoisotopic (exact) mass is 433 g/mol. The highest BCUT2D eigenvalue weighted by atomic mass is 19.4. The number of hydrogen-bond acceptors (Lipinski definition) is 5. The minimum Gasteiger partial charge on any atom is -0.486 e. The minimum atomic E-state index is -4.65. The summed E-state index contributed by atoms with van der Waals surface area (Å²) in [5, 5.41) is 8.77. The lowest BCUT2D eigenvalue weighted by molar-refractivity contribution is -0.137. The van der Waals surface area contributed by atoms with E-state index in [1.807, 2.05) is 0 Å². The van der Waals surface area contributed by atoms with Crippen molar-refractivity contribution in [2.75, 3.05) is 23.8 Å². The fourth-order valence-electron chi connectivity index (χ4n) is 3.12. The van der Waals surface area contributed by atoms with Crippen LogP contribution in [0.4, 0.5) is 29.3 Å². The number of ether oxygens (including phenoxy) is 2. The predicted octanol–water partition coefficient (Wildman–Crippen LogP) is 4.10. The number of alkyl halides is 3. The summed E-state index contributed by atoms with van der Waals surface area (Å²) in [6.45, 7) is 1.06. The Morgan fingerprint density at radius 3 is 2.74 bits per heavy atom. The van der Waals surface area contributed by atoms with Crippen molar-refractivity contribution >= 4 is 17.4 Å². The third kappa shape index (κ3) is 4.94. The molecule has 0 bridgehead atoms. The minimum absolute atomic E-state index is 0.0312. The normalized spacial score (nSPS) is 16.2. The van der Waals surface area contributed by atoms with Crippen LogP contribution in [-0.2, 0) is 10.9 Å². The van der Waals surface area contributed by atoms with Crippen LogP contribution in [-0.4, -0.2) is 40.1 Å². The quantitative estimate of drug-likeness (QED) is 0.632. The summed E-state index contributed by atoms with van der Waals surface area (Å²) in [7, 11) is 0. The van der Waals surface area contributed by atoms with Crippen molar-refractivity contribution in [3.05, 3.63) is 60.7 Å². The first-order valence-corrected chi connectivity index (χ1v) is 9.38. The van der Waals surface area contributed by atoms with Crippen LogP contribution in [0.15, 0.2) is 55.1 Å². The van der Waals surface area contributed by atoms with Crippen LogP contribution in [0.3, 0.4) is 0 Å². The molecular formula is C20H18F3N5O3. The molecule has 1 aliphatic heterocycles. The second kappa shape index (κ2) is 8.64. The van der Waals surface area contributed by atoms with Crippen molar-refractivity contribution in [2.24, 2.45) is 0 Å². The van der Waals surface area contributed by atoms with Gasteiger partial charge in [-0.15, -0.1) is 0 Å². The summed E-state index contributed by atoms with van der Waals surface area (Å²) in [6, 6.07) is 9.50. The van der Waals surface area contributed by atoms with Gasteiger partial charge in [-0.2, -0.15) is 18.3 Å². The average Bonchev–Trinajstić information content (AvgIpc) is 3.43. The lowest BCUT2D eigenvalue weighted by atomic mass is 10.1. The zero-order valence-electron chi connectivity index (χ0n) is 16.1. The number of nitrogens with one attached hydrogen (secondary N) is 2. The van der Waals surface area contributed by atoms with Gasteiger partial charge < -0.3 is 20.1 Å². The Morgan fingerprint density at radius 2 is 2.03 bits per heavy atom. The average molecular weight is 433 g/mol. The first kappa shape index (κ1) is 20.7. The van der Waals surface area contributed by atoms with E-state index in [2.05, 4.69) is 20.7 Å². The number of hydrogen-bond donors (Lipinski definition) is 2. The first-order valence-electron chi connectivity index (χ1n) is 9.38. The molecule has 11 heteroatoms. The Kier molecular flexibility index (Phi) is 5.76. The molecule has 8 nitrogen and oxygen atoms in total. The molecule has 4 rings (SSSR count). The summed E-state index contributed by atoms with van der Waals surface area (Å²) in [5.74, 6) is 0.450. The van der Waals surface area contributed by atoms with E-state index in [-0.39, 0.29) is 17.5 Å². The van der Waals surface area contributed by atoms with Crippen LogP contribution in [0.2, 0.25) is 0 Å². The molecule has 1 aromatic heterocycles. The first-order chi connectivity index (χ1) is 14.9. The highest BCUT2D eigenvalue weighted by Crippen LogP contribution is 2.35. The van der Waals surface area contributed by atoms with Gasteiger partial charge in [0, 0.05) is 12.1 Å². The van der Waals surface area contributed by atoms with Gasteiger partial charge in [0.25, 0.3) is 0 Å². The van der Waals surface area contributed by atoms with Crippen LogP contribution in [0.25, 0.3) is 5.69 Å². The maximum Gasteiger partial charge on any atom is 0.418 e. The maximum absolute atomic E-state index is 13.5. The molecular weight excluding hydrogens is 415 g/mol. The number of carbonyl (C=O) groups is 1. The molecule has 162 valence electrons. The van der Waals surface area contributed by atoms with E-state index in [1.165, 1.54) is 12.1 Å². The van der Waals surface area contributed by atoms with Gasteiger partial charge >= 0.3 is 12.2 Å². The number of rotatable bonds is 5. The SMILES string of the molecule is O=C(Nc1ccc(-n2cncn2)c(C(F)(F)F)c1)Nc1ccccc1O[C@@H]1CCOC1. The third-order valence-corrected chi connectivity index (χ3v) is 4.54. The molecule has 0 unspecified atom stereocenters. The molecule has 3 aromatic rings. The number of amides is 2. The number of urea groups is 1. The van der Waals surface area contributed by atoms with Crippen molar-refractivity contribution < 1.29 is 27.4 Å². The largest absolute Gasteiger partial charge is 0.486 e. The highest BCUT2D eigenvalue weighted by Gasteiger charge is 2.34. The Labute approximate surface area is 175 Å². The fraction of sp³-hybridized carbons (Fsp3) is 0.250. The molecule has 1 atom stereocenters. The number of benzene rings is 2. The van der Waals surface area contributed by atoms with Gasteiger partial charge in [0.15, 0.2) is 0 Å². The van der Waals surface area contributed by atoms with E-state index < -0.39 is 17.8 Å². The standard InChI is InChI=1S/C20H18F3N5O3/c21-20(22,23)15-9-13(5-6-17(15)28-12-24-11-25-28)26-19(29)27-16-3-1-2-4-18(16)31-14-7-8-30-10-14/h1-6,9,11-12,14H,7-8,10H2,(H2,26,27,29)/t14-/m1/s1. The van der Waals surface area contributed by atoms with Crippen LogP contribution in [0.5, 0.6) is 5.75 Å². The number of nitrogens with zero attached hydrogens (tertiary/aromatic N) is 3. The Hall–Kier alpha value is -3.60. The van der Waals surface area contributed by atoms with E-state index in [4.69, 9.17) is 9.47 Å². The van der Waals surface area contributed by atoms with Gasteiger partial charge in [0.05, 0.1) is 30.2 Å². The predicted molar refractivity (Wildman–Crippen MR) is 105 cm³/mol. The summed E-state index contributed by atoms with van der Waals surface area (Å²) in [4.78, 5) is 16.1. The second-order valence-electron chi connectivity index (χ2n) is 6.75. The van der Waals surface area contributed by atoms with E-state index in [9.17, 15) is 18.0 Å². The van der Waals surface area contributed by atoms with E-state index in [1.54, 1.807) is 24.3 Å². The Balaban J connectivity index is 1.50. The summed E-state index contributed by atoms with van der Waals surface area (Å²) < 4.78 is 52.7. The molecule has 1 fully saturated rings. The topological polar surface area (TPSA) is 90.3 Å². The Bertz CT molecular complexity index is 1050. The molecule has 2 N–H and O–H groups in total. The number of para-hydroxylation sites is 2. The van der Waals surface area contributed by atoms with Crippen molar-refractivity contribution in [1.82, 2.24) is 14.8 Å². The molecule has 0 radical (unpaired) electrons. The molecule has 0 saturated carbocycles. The molecule has 2 heterocycles. The van der Waals surface area contributed by atoms with E-state index in [0.29, 0.717) is 24.7 Å². The Morgan fingerprint density at radius 1 is 1.19 bits per heavy atom.